The van der Waals surface area contributed by atoms with Crippen LogP contribution in [0, 0.1) is 0 Å². The lowest BCUT2D eigenvalue weighted by atomic mass is 9.95. The zero-order valence-corrected chi connectivity index (χ0v) is 14.7. The standard InChI is InChI=1S/C14H20N4O8/c1-6(19)16-11-13(25-9(4)22)12(24-8(3)21)10(5-23-7(2)20)26-14(11)17-18-15/h10-14H,5H2,1-4H3,(H,16,19)/t10-,11+,12-,13-,14+/m1/s1. The molecule has 5 atom stereocenters. The van der Waals surface area contributed by atoms with Crippen molar-refractivity contribution in [1.29, 1.82) is 0 Å². The fourth-order valence-electron chi connectivity index (χ4n) is 2.46. The van der Waals surface area contributed by atoms with Crippen LogP contribution in [0.4, 0.5) is 0 Å². The molecular weight excluding hydrogens is 352 g/mol. The van der Waals surface area contributed by atoms with Crippen LogP contribution in [0.2, 0.25) is 0 Å². The van der Waals surface area contributed by atoms with Crippen LogP contribution in [0.5, 0.6) is 0 Å². The second kappa shape index (κ2) is 9.59. The van der Waals surface area contributed by atoms with Crippen LogP contribution < -0.4 is 5.32 Å². The number of hydrogen-bond acceptors (Lipinski definition) is 9. The predicted octanol–water partition coefficient (Wildman–Crippen LogP) is -0.0472. The van der Waals surface area contributed by atoms with Gasteiger partial charge in [0.05, 0.1) is 0 Å². The monoisotopic (exact) mass is 372 g/mol. The molecule has 1 saturated heterocycles. The summed E-state index contributed by atoms with van der Waals surface area (Å²) in [5, 5.41) is 5.89. The van der Waals surface area contributed by atoms with E-state index in [1.54, 1.807) is 0 Å². The Labute approximate surface area is 148 Å². The number of carbonyl (C=O) groups excluding carboxylic acids is 4. The van der Waals surface area contributed by atoms with Gasteiger partial charge < -0.3 is 24.3 Å². The van der Waals surface area contributed by atoms with E-state index in [9.17, 15) is 19.2 Å². The second-order valence-corrected chi connectivity index (χ2v) is 5.45. The lowest BCUT2D eigenvalue weighted by Crippen LogP contribution is -2.65. The van der Waals surface area contributed by atoms with Gasteiger partial charge in [-0.2, -0.15) is 0 Å². The van der Waals surface area contributed by atoms with E-state index in [4.69, 9.17) is 24.5 Å². The molecular formula is C14H20N4O8. The van der Waals surface area contributed by atoms with Gasteiger partial charge in [0.1, 0.15) is 18.8 Å². The summed E-state index contributed by atoms with van der Waals surface area (Å²) >= 11 is 0. The van der Waals surface area contributed by atoms with Gasteiger partial charge in [-0.05, 0) is 5.53 Å². The van der Waals surface area contributed by atoms with Gasteiger partial charge in [0.25, 0.3) is 0 Å². The van der Waals surface area contributed by atoms with E-state index in [0.29, 0.717) is 0 Å². The van der Waals surface area contributed by atoms with Crippen LogP contribution in [0.25, 0.3) is 10.4 Å². The molecule has 12 nitrogen and oxygen atoms in total. The minimum atomic E-state index is -1.29. The van der Waals surface area contributed by atoms with Crippen molar-refractivity contribution >= 4 is 23.8 Å². The molecule has 0 aromatic rings. The Bertz CT molecular complexity index is 618. The molecule has 0 aliphatic carbocycles. The normalized spacial score (nSPS) is 27.5. The van der Waals surface area contributed by atoms with Crippen molar-refractivity contribution in [2.45, 2.75) is 58.3 Å². The topological polar surface area (TPSA) is 166 Å². The molecule has 0 spiro atoms. The van der Waals surface area contributed by atoms with Gasteiger partial charge in [-0.25, -0.2) is 0 Å². The van der Waals surface area contributed by atoms with Crippen molar-refractivity contribution in [2.24, 2.45) is 5.11 Å². The van der Waals surface area contributed by atoms with E-state index in [1.807, 2.05) is 0 Å². The average Bonchev–Trinajstić information content (AvgIpc) is 2.50. The van der Waals surface area contributed by atoms with E-state index in [0.717, 1.165) is 20.8 Å². The first kappa shape index (κ1) is 21.2. The molecule has 1 amide bonds. The number of amides is 1. The summed E-state index contributed by atoms with van der Waals surface area (Å²) in [7, 11) is 0. The maximum Gasteiger partial charge on any atom is 0.303 e. The third kappa shape index (κ3) is 6.22. The summed E-state index contributed by atoms with van der Waals surface area (Å²) < 4.78 is 20.8. The third-order valence-electron chi connectivity index (χ3n) is 3.26. The smallest absolute Gasteiger partial charge is 0.303 e. The Morgan fingerprint density at radius 3 is 2.08 bits per heavy atom. The van der Waals surface area contributed by atoms with Crippen molar-refractivity contribution in [2.75, 3.05) is 6.61 Å². The lowest BCUT2D eigenvalue weighted by molar-refractivity contribution is -0.222. The Kier molecular flexibility index (Phi) is 7.81. The van der Waals surface area contributed by atoms with Gasteiger partial charge in [0, 0.05) is 32.6 Å². The number of nitrogens with zero attached hydrogens (tertiary/aromatic N) is 3. The quantitative estimate of drug-likeness (QED) is 0.223. The Balaban J connectivity index is 3.28. The molecule has 12 heteroatoms. The van der Waals surface area contributed by atoms with Crippen LogP contribution in [-0.4, -0.2) is 61.0 Å². The summed E-state index contributed by atoms with van der Waals surface area (Å²) in [5.74, 6) is -2.58. The molecule has 144 valence electrons. The van der Waals surface area contributed by atoms with Gasteiger partial charge in [-0.15, -0.1) is 0 Å². The van der Waals surface area contributed by atoms with Crippen molar-refractivity contribution in [3.05, 3.63) is 10.4 Å². The summed E-state index contributed by atoms with van der Waals surface area (Å²) in [4.78, 5) is 48.2. The largest absolute Gasteiger partial charge is 0.463 e. The Morgan fingerprint density at radius 2 is 1.62 bits per heavy atom. The van der Waals surface area contributed by atoms with E-state index < -0.39 is 54.4 Å². The fraction of sp³-hybridized carbons (Fsp3) is 0.714. The minimum absolute atomic E-state index is 0.352. The van der Waals surface area contributed by atoms with Crippen molar-refractivity contribution < 1.29 is 38.1 Å². The lowest BCUT2D eigenvalue weighted by Gasteiger charge is -2.43. The molecule has 1 heterocycles. The first-order valence-electron chi connectivity index (χ1n) is 7.60. The summed E-state index contributed by atoms with van der Waals surface area (Å²) in [6.07, 6.45) is -4.82. The third-order valence-corrected chi connectivity index (χ3v) is 3.26. The van der Waals surface area contributed by atoms with Gasteiger partial charge in [-0.3, -0.25) is 19.2 Å². The van der Waals surface area contributed by atoms with Gasteiger partial charge >= 0.3 is 17.9 Å². The van der Waals surface area contributed by atoms with Crippen LogP contribution >= 0.6 is 0 Å². The van der Waals surface area contributed by atoms with Crippen molar-refractivity contribution in [3.8, 4) is 0 Å². The van der Waals surface area contributed by atoms with Crippen molar-refractivity contribution in [3.63, 3.8) is 0 Å². The number of carbonyl (C=O) groups is 4. The highest BCUT2D eigenvalue weighted by Gasteiger charge is 2.50. The molecule has 1 rings (SSSR count). The average molecular weight is 372 g/mol. The van der Waals surface area contributed by atoms with Crippen LogP contribution in [0.3, 0.4) is 0 Å². The zero-order chi connectivity index (χ0) is 19.9. The molecule has 0 aromatic heterocycles. The van der Waals surface area contributed by atoms with Gasteiger partial charge in [0.2, 0.25) is 5.91 Å². The Hall–Kier alpha value is -2.85. The SMILES string of the molecule is CC(=O)N[C@H]1[C@@H](OC(C)=O)[C@H](OC(C)=O)[C@@H](COC(C)=O)O[C@@H]1N=[N+]=[N-]. The van der Waals surface area contributed by atoms with Gasteiger partial charge in [-0.1, -0.05) is 5.11 Å². The van der Waals surface area contributed by atoms with Crippen LogP contribution in [0.15, 0.2) is 5.11 Å². The fourth-order valence-corrected chi connectivity index (χ4v) is 2.46. The summed E-state index contributed by atoms with van der Waals surface area (Å²) in [5.41, 5.74) is 8.74. The second-order valence-electron chi connectivity index (χ2n) is 5.45. The van der Waals surface area contributed by atoms with E-state index >= 15 is 0 Å². The van der Waals surface area contributed by atoms with Crippen LogP contribution in [0.1, 0.15) is 27.7 Å². The van der Waals surface area contributed by atoms with E-state index in [2.05, 4.69) is 15.3 Å². The maximum absolute atomic E-state index is 11.5. The Morgan fingerprint density at radius 1 is 1.04 bits per heavy atom. The minimum Gasteiger partial charge on any atom is -0.463 e. The maximum atomic E-state index is 11.5. The van der Waals surface area contributed by atoms with Gasteiger partial charge in [0.15, 0.2) is 18.4 Å². The van der Waals surface area contributed by atoms with Crippen LogP contribution in [-0.2, 0) is 38.1 Å². The molecule has 0 bridgehead atoms. The highest BCUT2D eigenvalue weighted by Crippen LogP contribution is 2.28. The highest BCUT2D eigenvalue weighted by atomic mass is 16.6. The molecule has 0 saturated carbocycles. The van der Waals surface area contributed by atoms with E-state index in [1.165, 1.54) is 6.92 Å². The molecule has 0 radical (unpaired) electrons. The molecule has 1 aliphatic heterocycles. The molecule has 0 unspecified atom stereocenters. The number of ether oxygens (including phenoxy) is 4. The number of hydrogen-bond donors (Lipinski definition) is 1. The number of azide groups is 1. The first-order chi connectivity index (χ1) is 12.1. The number of nitrogens with one attached hydrogen (secondary N) is 1. The molecule has 0 aromatic carbocycles. The number of esters is 3. The summed E-state index contributed by atoms with van der Waals surface area (Å²) in [6.45, 7) is 4.26. The predicted molar refractivity (Wildman–Crippen MR) is 83.2 cm³/mol. The van der Waals surface area contributed by atoms with E-state index in [-0.39, 0.29) is 6.61 Å². The highest BCUT2D eigenvalue weighted by molar-refractivity contribution is 5.73. The summed E-state index contributed by atoms with van der Waals surface area (Å²) in [6, 6.07) is -1.12. The first-order valence-corrected chi connectivity index (χ1v) is 7.60. The molecule has 26 heavy (non-hydrogen) atoms. The number of rotatable bonds is 6. The molecule has 1 N–H and O–H groups in total. The molecule has 1 aliphatic rings. The van der Waals surface area contributed by atoms with Crippen molar-refractivity contribution in [1.82, 2.24) is 5.32 Å². The molecule has 1 fully saturated rings. The zero-order valence-electron chi connectivity index (χ0n) is 14.7.